The highest BCUT2D eigenvalue weighted by atomic mass is 16.5. The van der Waals surface area contributed by atoms with Crippen LogP contribution in [0.1, 0.15) is 41.3 Å². The first kappa shape index (κ1) is 26.0. The van der Waals surface area contributed by atoms with Gasteiger partial charge in [0.1, 0.15) is 0 Å². The summed E-state index contributed by atoms with van der Waals surface area (Å²) in [7, 11) is 0. The van der Waals surface area contributed by atoms with Crippen LogP contribution in [0.3, 0.4) is 0 Å². The van der Waals surface area contributed by atoms with Crippen LogP contribution in [0.15, 0.2) is 97.6 Å². The Labute approximate surface area is 231 Å². The molecule has 39 heavy (non-hydrogen) atoms. The van der Waals surface area contributed by atoms with Crippen molar-refractivity contribution >= 4 is 10.9 Å². The zero-order valence-corrected chi connectivity index (χ0v) is 22.5. The number of fused-ring (bicyclic) bond motifs is 7. The highest BCUT2D eigenvalue weighted by Crippen LogP contribution is 2.51. The number of aromatic amines is 1. The molecule has 1 aliphatic carbocycles. The Balaban J connectivity index is 1.44. The third-order valence-electron chi connectivity index (χ3n) is 8.69. The molecule has 4 aromatic rings. The van der Waals surface area contributed by atoms with Crippen molar-refractivity contribution in [2.24, 2.45) is 5.92 Å². The molecule has 0 amide bonds. The van der Waals surface area contributed by atoms with E-state index in [9.17, 15) is 5.11 Å². The highest BCUT2D eigenvalue weighted by Gasteiger charge is 2.53. The minimum atomic E-state index is -0.521. The fourth-order valence-corrected chi connectivity index (χ4v) is 6.86. The van der Waals surface area contributed by atoms with Gasteiger partial charge in [0.25, 0.3) is 0 Å². The number of benzene rings is 3. The number of para-hydroxylation sites is 1. The van der Waals surface area contributed by atoms with Crippen LogP contribution in [0.25, 0.3) is 10.9 Å². The van der Waals surface area contributed by atoms with Crippen LogP contribution >= 0.6 is 0 Å². The van der Waals surface area contributed by atoms with E-state index in [1.165, 1.54) is 10.9 Å². The van der Waals surface area contributed by atoms with Gasteiger partial charge in [-0.1, -0.05) is 84.9 Å². The van der Waals surface area contributed by atoms with Crippen molar-refractivity contribution in [2.45, 2.75) is 43.6 Å². The zero-order valence-electron chi connectivity index (χ0n) is 22.5. The minimum absolute atomic E-state index is 0.0179. The molecule has 2 N–H and O–H groups in total. The van der Waals surface area contributed by atoms with E-state index in [-0.39, 0.29) is 12.0 Å². The van der Waals surface area contributed by atoms with E-state index in [2.05, 4.69) is 65.0 Å². The summed E-state index contributed by atoms with van der Waals surface area (Å²) in [6.07, 6.45) is 3.07. The third-order valence-corrected chi connectivity index (χ3v) is 8.69. The molecule has 0 spiro atoms. The lowest BCUT2D eigenvalue weighted by atomic mass is 9.69. The summed E-state index contributed by atoms with van der Waals surface area (Å²) in [5.74, 6) is -0.0179. The lowest BCUT2D eigenvalue weighted by molar-refractivity contribution is -0.0531. The van der Waals surface area contributed by atoms with Crippen LogP contribution in [0, 0.1) is 5.92 Å². The molecule has 2 heterocycles. The summed E-state index contributed by atoms with van der Waals surface area (Å²) in [4.78, 5) is 6.31. The fraction of sp³-hybridized carbons (Fsp3) is 0.353. The molecule has 3 atom stereocenters. The molecule has 3 aromatic carbocycles. The monoisotopic (exact) mass is 522 g/mol. The second-order valence-corrected chi connectivity index (χ2v) is 11.1. The van der Waals surface area contributed by atoms with Crippen molar-refractivity contribution < 1.29 is 14.6 Å². The Morgan fingerprint density at radius 1 is 0.897 bits per heavy atom. The number of nitrogens with zero attached hydrogens (tertiary/aromatic N) is 1. The molecular formula is C34H38N2O3. The number of hydrogen-bond acceptors (Lipinski definition) is 4. The summed E-state index contributed by atoms with van der Waals surface area (Å²) >= 11 is 0. The Bertz CT molecular complexity index is 1340. The van der Waals surface area contributed by atoms with E-state index in [0.29, 0.717) is 32.8 Å². The van der Waals surface area contributed by atoms with Gasteiger partial charge in [0, 0.05) is 35.1 Å². The van der Waals surface area contributed by atoms with E-state index < -0.39 is 11.5 Å². The number of aromatic nitrogens is 1. The smallest absolute Gasteiger partial charge is 0.0717 e. The second kappa shape index (κ2) is 11.5. The number of aliphatic hydroxyl groups excluding tert-OH is 1. The van der Waals surface area contributed by atoms with E-state index in [0.717, 1.165) is 41.8 Å². The van der Waals surface area contributed by atoms with Gasteiger partial charge < -0.3 is 19.6 Å². The summed E-state index contributed by atoms with van der Waals surface area (Å²) in [6, 6.07) is 29.3. The topological polar surface area (TPSA) is 57.7 Å². The third kappa shape index (κ3) is 5.08. The first-order chi connectivity index (χ1) is 19.2. The van der Waals surface area contributed by atoms with Gasteiger partial charge in [-0.3, -0.25) is 4.90 Å². The Morgan fingerprint density at radius 2 is 1.51 bits per heavy atom. The predicted molar refractivity (Wildman–Crippen MR) is 155 cm³/mol. The van der Waals surface area contributed by atoms with Crippen LogP contribution in [0.5, 0.6) is 0 Å². The van der Waals surface area contributed by atoms with Crippen LogP contribution in [-0.2, 0) is 28.1 Å². The van der Waals surface area contributed by atoms with E-state index in [1.54, 1.807) is 0 Å². The summed E-state index contributed by atoms with van der Waals surface area (Å²) in [5, 5.41) is 13.0. The molecule has 1 aliphatic heterocycles. The minimum Gasteiger partial charge on any atom is -0.393 e. The Kier molecular flexibility index (Phi) is 7.67. The number of likely N-dealkylation sites (tertiary alicyclic amines) is 1. The molecule has 2 bridgehead atoms. The second-order valence-electron chi connectivity index (χ2n) is 11.1. The first-order valence-corrected chi connectivity index (χ1v) is 14.1. The van der Waals surface area contributed by atoms with Crippen LogP contribution in [0.4, 0.5) is 0 Å². The molecule has 202 valence electrons. The maximum atomic E-state index is 11.8. The molecule has 0 unspecified atom stereocenters. The molecule has 0 saturated carbocycles. The summed E-state index contributed by atoms with van der Waals surface area (Å²) in [5.41, 5.74) is 5.32. The maximum Gasteiger partial charge on any atom is 0.0717 e. The fourth-order valence-electron chi connectivity index (χ4n) is 6.86. The standard InChI is InChI=1S/C34H38N2O3/c1-2-18-36-19-17-28-31(37)20-30(36)32-27-15-9-10-16-29(27)35-33(32)34(28,23-38-21-25-11-5-3-6-12-25)24-39-22-26-13-7-4-8-14-26/h2-16,28,30-31,35,37H,1,17-24H2/t28-,30+,31+/m0/s1. The number of H-pyrrole nitrogens is 1. The van der Waals surface area contributed by atoms with Gasteiger partial charge >= 0.3 is 0 Å². The largest absolute Gasteiger partial charge is 0.393 e. The first-order valence-electron chi connectivity index (χ1n) is 14.1. The van der Waals surface area contributed by atoms with E-state index >= 15 is 0 Å². The number of hydrogen-bond donors (Lipinski definition) is 2. The van der Waals surface area contributed by atoms with Gasteiger partial charge in [-0.15, -0.1) is 6.58 Å². The van der Waals surface area contributed by atoms with Crippen molar-refractivity contribution in [1.29, 1.82) is 0 Å². The van der Waals surface area contributed by atoms with E-state index in [4.69, 9.17) is 9.47 Å². The number of rotatable bonds is 10. The molecule has 1 saturated heterocycles. The van der Waals surface area contributed by atoms with Gasteiger partial charge in [-0.25, -0.2) is 0 Å². The average molecular weight is 523 g/mol. The molecule has 0 radical (unpaired) electrons. The number of aliphatic hydroxyl groups is 1. The van der Waals surface area contributed by atoms with Crippen molar-refractivity contribution in [3.63, 3.8) is 0 Å². The lowest BCUT2D eigenvalue weighted by Gasteiger charge is -2.42. The molecular weight excluding hydrogens is 484 g/mol. The summed E-state index contributed by atoms with van der Waals surface area (Å²) < 4.78 is 13.1. The highest BCUT2D eigenvalue weighted by molar-refractivity contribution is 5.86. The van der Waals surface area contributed by atoms with Crippen molar-refractivity contribution in [2.75, 3.05) is 26.3 Å². The summed E-state index contributed by atoms with van der Waals surface area (Å²) in [6.45, 7) is 7.70. The predicted octanol–water partition coefficient (Wildman–Crippen LogP) is 6.15. The van der Waals surface area contributed by atoms with Gasteiger partial charge in [0.2, 0.25) is 0 Å². The normalized spacial score (nSPS) is 22.3. The zero-order chi connectivity index (χ0) is 26.7. The van der Waals surface area contributed by atoms with Crippen molar-refractivity contribution in [1.82, 2.24) is 9.88 Å². The van der Waals surface area contributed by atoms with E-state index in [1.807, 2.05) is 42.5 Å². The Morgan fingerprint density at radius 3 is 2.15 bits per heavy atom. The van der Waals surface area contributed by atoms with Gasteiger partial charge in [0.15, 0.2) is 0 Å². The maximum absolute atomic E-state index is 11.8. The number of ether oxygens (including phenoxy) is 2. The molecule has 1 aromatic heterocycles. The lowest BCUT2D eigenvalue weighted by Crippen LogP contribution is -2.49. The van der Waals surface area contributed by atoms with Gasteiger partial charge in [-0.05, 0) is 42.1 Å². The molecule has 5 nitrogen and oxygen atoms in total. The molecule has 1 fully saturated rings. The average Bonchev–Trinajstić information content (AvgIpc) is 3.23. The quantitative estimate of drug-likeness (QED) is 0.245. The van der Waals surface area contributed by atoms with Crippen LogP contribution in [-0.4, -0.2) is 47.4 Å². The van der Waals surface area contributed by atoms with Gasteiger partial charge in [0.05, 0.1) is 37.9 Å². The molecule has 6 rings (SSSR count). The SMILES string of the molecule is C=CCN1CC[C@H]2[C@H](O)C[C@@H]1c1c([nH]c3ccccc13)C2(COCc1ccccc1)COCc1ccccc1. The molecule has 2 aliphatic rings. The van der Waals surface area contributed by atoms with Gasteiger partial charge in [-0.2, -0.15) is 0 Å². The number of nitrogens with one attached hydrogen (secondary N) is 1. The van der Waals surface area contributed by atoms with Crippen LogP contribution in [0.2, 0.25) is 0 Å². The van der Waals surface area contributed by atoms with Crippen molar-refractivity contribution in [3.8, 4) is 0 Å². The Hall–Kier alpha value is -3.22. The van der Waals surface area contributed by atoms with Crippen molar-refractivity contribution in [3.05, 3.63) is 120 Å². The van der Waals surface area contributed by atoms with Crippen LogP contribution < -0.4 is 0 Å². The molecule has 5 heteroatoms.